The first-order valence-electron chi connectivity index (χ1n) is 8.58. The second kappa shape index (κ2) is 8.51. The topological polar surface area (TPSA) is 51.0 Å². The Morgan fingerprint density at radius 2 is 1.96 bits per heavy atom. The lowest BCUT2D eigenvalue weighted by atomic mass is 10.2. The first kappa shape index (κ1) is 18.7. The van der Waals surface area contributed by atoms with E-state index >= 15 is 0 Å². The lowest BCUT2D eigenvalue weighted by molar-refractivity contribution is -0.116. The van der Waals surface area contributed by atoms with E-state index in [-0.39, 0.29) is 11.9 Å². The summed E-state index contributed by atoms with van der Waals surface area (Å²) in [7, 11) is 0. The van der Waals surface area contributed by atoms with E-state index in [1.165, 1.54) is 11.8 Å². The van der Waals surface area contributed by atoms with E-state index in [9.17, 15) is 4.79 Å². The summed E-state index contributed by atoms with van der Waals surface area (Å²) in [4.78, 5) is 15.8. The highest BCUT2D eigenvalue weighted by Crippen LogP contribution is 2.28. The molecule has 2 aromatic heterocycles. The van der Waals surface area contributed by atoms with Crippen molar-refractivity contribution in [2.75, 3.05) is 10.7 Å². The van der Waals surface area contributed by atoms with Crippen LogP contribution in [0.1, 0.15) is 20.8 Å². The zero-order chi connectivity index (χ0) is 18.5. The molecule has 0 aliphatic carbocycles. The van der Waals surface area contributed by atoms with Gasteiger partial charge in [-0.3, -0.25) is 4.79 Å². The van der Waals surface area contributed by atoms with Gasteiger partial charge in [0.1, 0.15) is 0 Å². The van der Waals surface area contributed by atoms with E-state index < -0.39 is 0 Å². The Balaban J connectivity index is 1.75. The summed E-state index contributed by atoms with van der Waals surface area (Å²) >= 11 is 3.08. The van der Waals surface area contributed by atoms with Crippen molar-refractivity contribution in [1.82, 2.24) is 14.8 Å². The third kappa shape index (κ3) is 3.99. The number of para-hydroxylation sites is 1. The molecule has 0 atom stereocenters. The summed E-state index contributed by atoms with van der Waals surface area (Å²) in [5.74, 6) is 1.26. The average molecular weight is 387 g/mol. The Morgan fingerprint density at radius 3 is 2.58 bits per heavy atom. The molecule has 7 heteroatoms. The van der Waals surface area contributed by atoms with Gasteiger partial charge in [-0.25, -0.2) is 0 Å². The molecule has 0 fully saturated rings. The van der Waals surface area contributed by atoms with E-state index in [2.05, 4.69) is 21.7 Å². The number of carbonyl (C=O) groups excluding carboxylic acids is 1. The molecule has 0 bridgehead atoms. The fraction of sp³-hybridized carbons (Fsp3) is 0.316. The lowest BCUT2D eigenvalue weighted by Crippen LogP contribution is -2.38. The van der Waals surface area contributed by atoms with Gasteiger partial charge in [0.25, 0.3) is 0 Å². The second-order valence-electron chi connectivity index (χ2n) is 6.01. The molecule has 2 heterocycles. The van der Waals surface area contributed by atoms with Crippen molar-refractivity contribution >= 4 is 34.7 Å². The van der Waals surface area contributed by atoms with Crippen LogP contribution < -0.4 is 4.90 Å². The molecule has 1 aromatic carbocycles. The number of carbonyl (C=O) groups is 1. The van der Waals surface area contributed by atoms with Gasteiger partial charge in [0, 0.05) is 18.3 Å². The second-order valence-corrected chi connectivity index (χ2v) is 7.90. The first-order chi connectivity index (χ1) is 12.6. The van der Waals surface area contributed by atoms with Crippen LogP contribution in [0.3, 0.4) is 0 Å². The Hall–Kier alpha value is -2.12. The van der Waals surface area contributed by atoms with Crippen LogP contribution >= 0.6 is 23.1 Å². The number of aromatic nitrogens is 3. The quantitative estimate of drug-likeness (QED) is 0.559. The first-order valence-corrected chi connectivity index (χ1v) is 10.4. The SMILES string of the molecule is CCn1c(SCC(=O)N(c2ccccc2)C(C)C)nnc1-c1cccs1. The fourth-order valence-corrected chi connectivity index (χ4v) is 4.36. The summed E-state index contributed by atoms with van der Waals surface area (Å²) in [6, 6.07) is 13.9. The number of thiophene rings is 1. The molecule has 0 aliphatic rings. The standard InChI is InChI=1S/C19H22N4OS2/c1-4-22-18(16-11-8-12-25-16)20-21-19(22)26-13-17(24)23(14(2)3)15-9-6-5-7-10-15/h5-12,14H,4,13H2,1-3H3. The molecule has 5 nitrogen and oxygen atoms in total. The van der Waals surface area contributed by atoms with Crippen LogP contribution in [-0.4, -0.2) is 32.5 Å². The number of thioether (sulfide) groups is 1. The Morgan fingerprint density at radius 1 is 1.19 bits per heavy atom. The molecule has 0 unspecified atom stereocenters. The maximum atomic E-state index is 12.8. The van der Waals surface area contributed by atoms with Crippen LogP contribution in [0.15, 0.2) is 53.0 Å². The third-order valence-electron chi connectivity index (χ3n) is 3.92. The molecule has 3 rings (SSSR count). The van der Waals surface area contributed by atoms with Gasteiger partial charge < -0.3 is 9.47 Å². The van der Waals surface area contributed by atoms with Gasteiger partial charge in [0.15, 0.2) is 11.0 Å². The van der Waals surface area contributed by atoms with E-state index in [0.29, 0.717) is 5.75 Å². The van der Waals surface area contributed by atoms with Crippen LogP contribution in [-0.2, 0) is 11.3 Å². The minimum atomic E-state index is 0.0690. The smallest absolute Gasteiger partial charge is 0.237 e. The highest BCUT2D eigenvalue weighted by Gasteiger charge is 2.21. The maximum Gasteiger partial charge on any atom is 0.237 e. The molecule has 0 saturated heterocycles. The molecule has 0 spiro atoms. The molecule has 0 N–H and O–H groups in total. The van der Waals surface area contributed by atoms with Crippen LogP contribution in [0, 0.1) is 0 Å². The Kier molecular flexibility index (Phi) is 6.11. The molecule has 3 aromatic rings. The van der Waals surface area contributed by atoms with Crippen molar-refractivity contribution in [2.24, 2.45) is 0 Å². The van der Waals surface area contributed by atoms with Crippen LogP contribution in [0.25, 0.3) is 10.7 Å². The minimum Gasteiger partial charge on any atom is -0.309 e. The predicted molar refractivity (Wildman–Crippen MR) is 109 cm³/mol. The van der Waals surface area contributed by atoms with Crippen molar-refractivity contribution in [3.05, 3.63) is 47.8 Å². The summed E-state index contributed by atoms with van der Waals surface area (Å²) in [6.45, 7) is 6.89. The van der Waals surface area contributed by atoms with Crippen molar-refractivity contribution < 1.29 is 4.79 Å². The number of anilines is 1. The summed E-state index contributed by atoms with van der Waals surface area (Å²) in [5.41, 5.74) is 0.921. The number of hydrogen-bond acceptors (Lipinski definition) is 5. The fourth-order valence-electron chi connectivity index (χ4n) is 2.78. The van der Waals surface area contributed by atoms with Gasteiger partial charge in [0.2, 0.25) is 5.91 Å². The third-order valence-corrected chi connectivity index (χ3v) is 5.74. The van der Waals surface area contributed by atoms with Gasteiger partial charge in [-0.15, -0.1) is 21.5 Å². The largest absolute Gasteiger partial charge is 0.309 e. The average Bonchev–Trinajstić information content (AvgIpc) is 3.29. The molecule has 26 heavy (non-hydrogen) atoms. The zero-order valence-corrected chi connectivity index (χ0v) is 16.8. The van der Waals surface area contributed by atoms with Crippen molar-refractivity contribution in [1.29, 1.82) is 0 Å². The Labute approximate surface area is 162 Å². The van der Waals surface area contributed by atoms with Gasteiger partial charge >= 0.3 is 0 Å². The highest BCUT2D eigenvalue weighted by molar-refractivity contribution is 7.99. The maximum absolute atomic E-state index is 12.8. The number of hydrogen-bond donors (Lipinski definition) is 0. The normalized spacial score (nSPS) is 11.1. The minimum absolute atomic E-state index is 0.0690. The molecule has 1 amide bonds. The van der Waals surface area contributed by atoms with E-state index in [1.54, 1.807) is 11.3 Å². The molecule has 0 radical (unpaired) electrons. The van der Waals surface area contributed by atoms with Crippen molar-refractivity contribution in [2.45, 2.75) is 38.5 Å². The molecule has 136 valence electrons. The van der Waals surface area contributed by atoms with Gasteiger partial charge in [-0.1, -0.05) is 36.0 Å². The van der Waals surface area contributed by atoms with E-state index in [4.69, 9.17) is 0 Å². The number of rotatable bonds is 7. The Bertz CT molecular complexity index is 844. The van der Waals surface area contributed by atoms with Gasteiger partial charge in [-0.2, -0.15) is 0 Å². The molecular formula is C19H22N4OS2. The highest BCUT2D eigenvalue weighted by atomic mass is 32.2. The number of amides is 1. The molecular weight excluding hydrogens is 364 g/mol. The van der Waals surface area contributed by atoms with Gasteiger partial charge in [-0.05, 0) is 44.4 Å². The molecule has 0 saturated carbocycles. The summed E-state index contributed by atoms with van der Waals surface area (Å²) < 4.78 is 2.06. The molecule has 0 aliphatic heterocycles. The van der Waals surface area contributed by atoms with E-state index in [1.807, 2.05) is 66.6 Å². The van der Waals surface area contributed by atoms with Crippen LogP contribution in [0.4, 0.5) is 5.69 Å². The monoisotopic (exact) mass is 386 g/mol. The number of benzene rings is 1. The van der Waals surface area contributed by atoms with Crippen LogP contribution in [0.2, 0.25) is 0 Å². The summed E-state index contributed by atoms with van der Waals surface area (Å²) in [5, 5.41) is 11.4. The van der Waals surface area contributed by atoms with Crippen molar-refractivity contribution in [3.8, 4) is 10.7 Å². The summed E-state index contributed by atoms with van der Waals surface area (Å²) in [6.07, 6.45) is 0. The predicted octanol–water partition coefficient (Wildman–Crippen LogP) is 4.56. The zero-order valence-electron chi connectivity index (χ0n) is 15.1. The lowest BCUT2D eigenvalue weighted by Gasteiger charge is -2.26. The van der Waals surface area contributed by atoms with E-state index in [0.717, 1.165) is 28.1 Å². The van der Waals surface area contributed by atoms with Crippen molar-refractivity contribution in [3.63, 3.8) is 0 Å². The number of nitrogens with zero attached hydrogens (tertiary/aromatic N) is 4. The van der Waals surface area contributed by atoms with Gasteiger partial charge in [0.05, 0.1) is 10.6 Å². The van der Waals surface area contributed by atoms with Crippen LogP contribution in [0.5, 0.6) is 0 Å².